The number of piperazine rings is 1. The maximum absolute atomic E-state index is 14.2. The maximum Gasteiger partial charge on any atom is 0.410 e. The maximum atomic E-state index is 14.2. The number of nitrogens with zero attached hydrogens (tertiary/aromatic N) is 1. The molecule has 0 spiro atoms. The summed E-state index contributed by atoms with van der Waals surface area (Å²) in [5.41, 5.74) is -0.669. The molecule has 0 radical (unpaired) electrons. The summed E-state index contributed by atoms with van der Waals surface area (Å²) in [7, 11) is -4.39. The van der Waals surface area contributed by atoms with Crippen LogP contribution in [0, 0.1) is 11.8 Å². The summed E-state index contributed by atoms with van der Waals surface area (Å²) in [6.45, 7) is 34.3. The molecule has 3 aliphatic heterocycles. The van der Waals surface area contributed by atoms with Crippen LogP contribution in [0.4, 0.5) is 4.79 Å². The zero-order valence-corrected chi connectivity index (χ0v) is 50.5. The first kappa shape index (κ1) is 63.1. The molecular formula is C55H102N2O11Si3. The van der Waals surface area contributed by atoms with Crippen LogP contribution in [0.2, 0.25) is 54.4 Å². The van der Waals surface area contributed by atoms with Gasteiger partial charge in [0.1, 0.15) is 11.7 Å². The Bertz CT molecular complexity index is 1710. The van der Waals surface area contributed by atoms with Gasteiger partial charge in [-0.05, 0) is 113 Å². The van der Waals surface area contributed by atoms with Gasteiger partial charge in [-0.25, -0.2) is 4.79 Å². The molecule has 0 aliphatic carbocycles. The third kappa shape index (κ3) is 18.0. The first-order valence-electron chi connectivity index (χ1n) is 28.0. The number of carboxylic acid groups (broad SMARTS) is 1. The summed E-state index contributed by atoms with van der Waals surface area (Å²) in [4.78, 5) is 41.2. The molecule has 0 saturated carbocycles. The van der Waals surface area contributed by atoms with Crippen molar-refractivity contribution in [2.75, 3.05) is 26.7 Å². The van der Waals surface area contributed by atoms with Gasteiger partial charge < -0.3 is 47.5 Å². The van der Waals surface area contributed by atoms with Crippen molar-refractivity contribution in [2.45, 2.75) is 257 Å². The number of carbonyl (C=O) groups excluding carboxylic acids is 2. The Balaban J connectivity index is 2.04. The largest absolute Gasteiger partial charge is 0.481 e. The summed E-state index contributed by atoms with van der Waals surface area (Å²) >= 11 is 0. The quantitative estimate of drug-likeness (QED) is 0.0252. The number of aliphatic carboxylic acids is 1. The number of nitrogens with one attached hydrogen (secondary N) is 1. The zero-order valence-electron chi connectivity index (χ0n) is 47.5. The molecule has 410 valence electrons. The fraction of sp³-hybridized carbons (Fsp3) is 0.836. The smallest absolute Gasteiger partial charge is 0.410 e. The van der Waals surface area contributed by atoms with Crippen LogP contribution in [0.25, 0.3) is 0 Å². The number of methoxy groups -OCH3 is 1. The molecule has 71 heavy (non-hydrogen) atoms. The molecule has 13 nitrogen and oxygen atoms in total. The molecule has 3 rings (SSSR count). The van der Waals surface area contributed by atoms with Gasteiger partial charge in [0.2, 0.25) is 0 Å². The fourth-order valence-electron chi connectivity index (χ4n) is 11.1. The number of hydrogen-bond donors (Lipinski definition) is 2. The van der Waals surface area contributed by atoms with Crippen LogP contribution >= 0.6 is 0 Å². The van der Waals surface area contributed by atoms with E-state index in [0.29, 0.717) is 38.9 Å². The predicted octanol–water partition coefficient (Wildman–Crippen LogP) is 12.6. The van der Waals surface area contributed by atoms with Gasteiger partial charge >= 0.3 is 18.0 Å². The Morgan fingerprint density at radius 1 is 0.958 bits per heavy atom. The molecular weight excluding hydrogens is 949 g/mol. The van der Waals surface area contributed by atoms with E-state index in [1.54, 1.807) is 12.0 Å². The van der Waals surface area contributed by atoms with Crippen molar-refractivity contribution in [2.24, 2.45) is 11.8 Å². The molecule has 16 heteroatoms. The van der Waals surface area contributed by atoms with Gasteiger partial charge in [0.15, 0.2) is 31.1 Å². The van der Waals surface area contributed by atoms with Crippen molar-refractivity contribution < 1.29 is 51.7 Å². The first-order valence-corrected chi connectivity index (χ1v) is 35.6. The number of epoxide rings is 1. The van der Waals surface area contributed by atoms with Gasteiger partial charge in [-0.15, -0.1) is 0 Å². The number of allylic oxidation sites excluding steroid dienone is 2. The molecule has 2 fully saturated rings. The number of ether oxygens (including phenoxy) is 4. The van der Waals surface area contributed by atoms with Gasteiger partial charge in [-0.1, -0.05) is 107 Å². The van der Waals surface area contributed by atoms with Crippen LogP contribution < -0.4 is 5.32 Å². The highest BCUT2D eigenvalue weighted by Gasteiger charge is 2.51. The summed E-state index contributed by atoms with van der Waals surface area (Å²) < 4.78 is 47.2. The number of rotatable bonds is 28. The highest BCUT2D eigenvalue weighted by atomic mass is 28.4. The van der Waals surface area contributed by atoms with Crippen molar-refractivity contribution >= 4 is 43.0 Å². The molecule has 0 aromatic carbocycles. The zero-order chi connectivity index (χ0) is 53.2. The van der Waals surface area contributed by atoms with Crippen LogP contribution in [0.3, 0.4) is 0 Å². The van der Waals surface area contributed by atoms with E-state index in [9.17, 15) is 19.5 Å². The number of carboxylic acids is 1. The second-order valence-electron chi connectivity index (χ2n) is 21.7. The van der Waals surface area contributed by atoms with Crippen LogP contribution in [0.1, 0.15) is 149 Å². The molecule has 2 unspecified atom stereocenters. The minimum absolute atomic E-state index is 0.0123. The number of amides is 1. The Hall–Kier alpha value is -2.16. The Morgan fingerprint density at radius 3 is 2.11 bits per heavy atom. The molecule has 1 amide bonds. The van der Waals surface area contributed by atoms with Gasteiger partial charge in [0.25, 0.3) is 0 Å². The van der Waals surface area contributed by atoms with E-state index >= 15 is 0 Å². The molecule has 11 atom stereocenters. The molecule has 0 aromatic rings. The molecule has 2 N–H and O–H groups in total. The van der Waals surface area contributed by atoms with Crippen molar-refractivity contribution in [3.8, 4) is 0 Å². The van der Waals surface area contributed by atoms with Crippen molar-refractivity contribution in [3.05, 3.63) is 36.0 Å². The van der Waals surface area contributed by atoms with Gasteiger partial charge in [-0.2, -0.15) is 0 Å². The second-order valence-corrected chi connectivity index (χ2v) is 35.8. The average Bonchev–Trinajstić information content (AvgIpc) is 4.14. The lowest BCUT2D eigenvalue weighted by atomic mass is 9.88. The Morgan fingerprint density at radius 2 is 1.56 bits per heavy atom. The van der Waals surface area contributed by atoms with E-state index in [1.807, 2.05) is 32.9 Å². The van der Waals surface area contributed by atoms with Crippen LogP contribution in [-0.2, 0) is 41.8 Å². The van der Waals surface area contributed by atoms with E-state index in [2.05, 4.69) is 107 Å². The standard InChI is InChI=1S/C55H102N2O11Si3/c1-17-46(67-70(21-5,22-6)23-7)43(13)52-47(63-52)39-54(14,68-71(24-8,25-9)26-10)34-27-28-41(11)51-42(12)29-31-48(64-53(61)57-37-36-56-44(40-57)30-32-49(58)59)55(15,62-16)35-33-45(38-50(60)65-51)66-69(18-2,19-3)20-4/h27-29,31,34,42-48,51-52,56H,17-26,30,32-33,35-40H2,1-16H3,(H,58,59)/b31-29+,34-27+,41-28+/t42-,43+,44?,45+,46-,47+,48?,51+,52+,54-,55+/m0/s1. The highest BCUT2D eigenvalue weighted by molar-refractivity contribution is 6.74. The lowest BCUT2D eigenvalue weighted by molar-refractivity contribution is -0.151. The molecule has 0 aromatic heterocycles. The summed E-state index contributed by atoms with van der Waals surface area (Å²) in [5, 5.41) is 12.7. The van der Waals surface area contributed by atoms with E-state index in [0.717, 1.165) is 72.8 Å². The van der Waals surface area contributed by atoms with Crippen LogP contribution in [0.5, 0.6) is 0 Å². The molecule has 3 heterocycles. The summed E-state index contributed by atoms with van der Waals surface area (Å²) in [6.07, 6.45) is 11.4. The van der Waals surface area contributed by atoms with Crippen molar-refractivity contribution in [1.29, 1.82) is 0 Å². The number of esters is 1. The van der Waals surface area contributed by atoms with Gasteiger partial charge in [-0.3, -0.25) is 9.59 Å². The summed E-state index contributed by atoms with van der Waals surface area (Å²) in [6, 6.07) is 9.11. The minimum Gasteiger partial charge on any atom is -0.481 e. The number of carbonyl (C=O) groups is 3. The van der Waals surface area contributed by atoms with E-state index in [1.165, 1.54) is 0 Å². The Labute approximate surface area is 434 Å². The topological polar surface area (TPSA) is 155 Å². The third-order valence-electron chi connectivity index (χ3n) is 17.3. The normalized spacial score (nSPS) is 28.6. The molecule has 2 saturated heterocycles. The second kappa shape index (κ2) is 29.2. The van der Waals surface area contributed by atoms with E-state index in [4.69, 9.17) is 32.2 Å². The number of hydrogen-bond acceptors (Lipinski definition) is 11. The van der Waals surface area contributed by atoms with Crippen LogP contribution in [-0.4, -0.2) is 134 Å². The van der Waals surface area contributed by atoms with Crippen molar-refractivity contribution in [1.82, 2.24) is 10.2 Å². The van der Waals surface area contributed by atoms with E-state index < -0.39 is 66.5 Å². The third-order valence-corrected chi connectivity index (χ3v) is 31.4. The SMILES string of the molecule is CC[C@H](O[Si](CC)(CC)CC)[C@@H](C)[C@H]1O[C@@H]1C[C@](C)(/C=C/C=C(\C)[C@H]1OC(=O)C[C@H](O[Si](CC)(CC)CC)CC[C@@](C)(OC)C(OC(=O)N2CCNC(CCC(=O)O)C2)/C=C/[C@@H]1C)O[Si](CC)(CC)CC. The van der Waals surface area contributed by atoms with E-state index in [-0.39, 0.29) is 55.0 Å². The average molecular weight is 1050 g/mol. The monoisotopic (exact) mass is 1050 g/mol. The number of cyclic esters (lactones) is 1. The van der Waals surface area contributed by atoms with Crippen molar-refractivity contribution in [3.63, 3.8) is 0 Å². The molecule has 0 bridgehead atoms. The fourth-order valence-corrected chi connectivity index (χ4v) is 20.2. The Kier molecular flexibility index (Phi) is 26.0. The lowest BCUT2D eigenvalue weighted by Gasteiger charge is -2.40. The van der Waals surface area contributed by atoms with Gasteiger partial charge in [0, 0.05) is 63.6 Å². The molecule has 3 aliphatic rings. The predicted molar refractivity (Wildman–Crippen MR) is 294 cm³/mol. The van der Waals surface area contributed by atoms with Gasteiger partial charge in [0.05, 0.1) is 30.3 Å². The highest BCUT2D eigenvalue weighted by Crippen LogP contribution is 2.43. The first-order chi connectivity index (χ1) is 33.6. The van der Waals surface area contributed by atoms with Crippen LogP contribution in [0.15, 0.2) is 36.0 Å². The summed E-state index contributed by atoms with van der Waals surface area (Å²) in [5.74, 6) is -1.21. The minimum atomic E-state index is -2.16. The lowest BCUT2D eigenvalue weighted by Crippen LogP contribution is -2.54.